The lowest BCUT2D eigenvalue weighted by Gasteiger charge is -2.11. The number of rotatable bonds is 6. The maximum absolute atomic E-state index is 12.4. The number of hydrogen-bond donors (Lipinski definition) is 2. The largest absolute Gasteiger partial charge is 0.324 e. The summed E-state index contributed by atoms with van der Waals surface area (Å²) in [5.41, 5.74) is 2.53. The third-order valence-corrected chi connectivity index (χ3v) is 4.43. The molecule has 0 fully saturated rings. The van der Waals surface area contributed by atoms with Crippen molar-refractivity contribution in [1.29, 1.82) is 0 Å². The minimum atomic E-state index is -0.257. The number of anilines is 1. The van der Waals surface area contributed by atoms with Gasteiger partial charge in [-0.15, -0.1) is 0 Å². The summed E-state index contributed by atoms with van der Waals surface area (Å²) in [6.07, 6.45) is 7.77. The van der Waals surface area contributed by atoms with Gasteiger partial charge in [-0.2, -0.15) is 5.10 Å². The molecule has 29 heavy (non-hydrogen) atoms. The van der Waals surface area contributed by atoms with Gasteiger partial charge in [0.2, 0.25) is 5.91 Å². The van der Waals surface area contributed by atoms with Gasteiger partial charge in [0.25, 0.3) is 5.56 Å². The number of amides is 1. The van der Waals surface area contributed by atoms with Crippen molar-refractivity contribution in [1.82, 2.24) is 19.7 Å². The van der Waals surface area contributed by atoms with Crippen molar-refractivity contribution in [2.45, 2.75) is 12.8 Å². The number of benzene rings is 2. The van der Waals surface area contributed by atoms with Crippen molar-refractivity contribution in [3.8, 4) is 5.69 Å². The number of aromatic amines is 1. The fourth-order valence-corrected chi connectivity index (χ4v) is 3.01. The molecule has 0 spiro atoms. The number of nitrogens with one attached hydrogen (secondary N) is 2. The van der Waals surface area contributed by atoms with E-state index in [9.17, 15) is 9.59 Å². The summed E-state index contributed by atoms with van der Waals surface area (Å²) < 4.78 is 1.55. The Morgan fingerprint density at radius 2 is 1.90 bits per heavy atom. The summed E-state index contributed by atoms with van der Waals surface area (Å²) in [6, 6.07) is 17.2. The molecule has 0 radical (unpaired) electrons. The standard InChI is InChI=1S/C22H19N5O2/c28-20(13-7-4-10-16-8-2-1-3-9-16)26-18-11-5-6-12-19(18)27-21-17(14-25-27)22(29)24-15-23-21/h1-6,8-12,14-15H,7,13H2,(H,26,28)(H,23,24,29)/b10-4+. The molecule has 0 unspecified atom stereocenters. The van der Waals surface area contributed by atoms with E-state index in [0.717, 1.165) is 5.56 Å². The van der Waals surface area contributed by atoms with Gasteiger partial charge in [-0.25, -0.2) is 9.67 Å². The number of para-hydroxylation sites is 2. The minimum Gasteiger partial charge on any atom is -0.324 e. The van der Waals surface area contributed by atoms with E-state index in [4.69, 9.17) is 0 Å². The average molecular weight is 385 g/mol. The zero-order chi connectivity index (χ0) is 20.1. The van der Waals surface area contributed by atoms with Crippen molar-refractivity contribution in [2.75, 3.05) is 5.32 Å². The van der Waals surface area contributed by atoms with Crippen LogP contribution in [0.1, 0.15) is 18.4 Å². The molecule has 144 valence electrons. The summed E-state index contributed by atoms with van der Waals surface area (Å²) in [6.45, 7) is 0. The molecule has 0 saturated carbocycles. The first kappa shape index (κ1) is 18.4. The summed E-state index contributed by atoms with van der Waals surface area (Å²) in [4.78, 5) is 31.1. The predicted molar refractivity (Wildman–Crippen MR) is 113 cm³/mol. The molecule has 1 amide bonds. The molecule has 4 rings (SSSR count). The van der Waals surface area contributed by atoms with Crippen LogP contribution < -0.4 is 10.9 Å². The van der Waals surface area contributed by atoms with Crippen LogP contribution >= 0.6 is 0 Å². The molecule has 7 heteroatoms. The van der Waals surface area contributed by atoms with E-state index in [1.54, 1.807) is 10.7 Å². The zero-order valence-corrected chi connectivity index (χ0v) is 15.6. The van der Waals surface area contributed by atoms with Crippen LogP contribution in [0.5, 0.6) is 0 Å². The SMILES string of the molecule is O=C(CC/C=C/c1ccccc1)Nc1ccccc1-n1ncc2c(=O)[nH]cnc21. The van der Waals surface area contributed by atoms with Crippen LogP contribution in [0.2, 0.25) is 0 Å². The predicted octanol–water partition coefficient (Wildman–Crippen LogP) is 3.54. The number of aromatic nitrogens is 4. The van der Waals surface area contributed by atoms with Crippen molar-refractivity contribution < 1.29 is 4.79 Å². The fraction of sp³-hybridized carbons (Fsp3) is 0.0909. The van der Waals surface area contributed by atoms with Gasteiger partial charge in [-0.1, -0.05) is 54.6 Å². The molecule has 0 saturated heterocycles. The van der Waals surface area contributed by atoms with Gasteiger partial charge < -0.3 is 10.3 Å². The molecule has 2 aromatic carbocycles. The van der Waals surface area contributed by atoms with E-state index in [1.165, 1.54) is 12.5 Å². The quantitative estimate of drug-likeness (QED) is 0.531. The van der Waals surface area contributed by atoms with Crippen LogP contribution in [-0.2, 0) is 4.79 Å². The van der Waals surface area contributed by atoms with Crippen LogP contribution in [0.15, 0.2) is 78.0 Å². The second-order valence-corrected chi connectivity index (χ2v) is 6.44. The second-order valence-electron chi connectivity index (χ2n) is 6.44. The molecule has 0 aliphatic carbocycles. The highest BCUT2D eigenvalue weighted by Gasteiger charge is 2.13. The number of hydrogen-bond acceptors (Lipinski definition) is 4. The number of carbonyl (C=O) groups excluding carboxylic acids is 1. The Morgan fingerprint density at radius 3 is 2.76 bits per heavy atom. The number of nitrogens with zero attached hydrogens (tertiary/aromatic N) is 3. The average Bonchev–Trinajstić information content (AvgIpc) is 3.18. The Morgan fingerprint density at radius 1 is 1.10 bits per heavy atom. The molecule has 2 heterocycles. The highest BCUT2D eigenvalue weighted by atomic mass is 16.1. The lowest BCUT2D eigenvalue weighted by atomic mass is 10.2. The van der Waals surface area contributed by atoms with Crippen LogP contribution in [0.3, 0.4) is 0 Å². The number of allylic oxidation sites excluding steroid dienone is 1. The molecule has 2 N–H and O–H groups in total. The third kappa shape index (κ3) is 4.14. The Labute approximate surface area is 166 Å². The van der Waals surface area contributed by atoms with Gasteiger partial charge in [-0.3, -0.25) is 9.59 Å². The molecule has 0 bridgehead atoms. The first-order valence-electron chi connectivity index (χ1n) is 9.24. The van der Waals surface area contributed by atoms with E-state index in [1.807, 2.05) is 60.7 Å². The van der Waals surface area contributed by atoms with Gasteiger partial charge in [-0.05, 0) is 24.1 Å². The van der Waals surface area contributed by atoms with Crippen LogP contribution in [0.25, 0.3) is 22.8 Å². The maximum atomic E-state index is 12.4. The highest BCUT2D eigenvalue weighted by Crippen LogP contribution is 2.22. The Kier molecular flexibility index (Phi) is 5.29. The molecule has 2 aromatic heterocycles. The van der Waals surface area contributed by atoms with E-state index in [2.05, 4.69) is 20.4 Å². The maximum Gasteiger partial charge on any atom is 0.261 e. The van der Waals surface area contributed by atoms with Gasteiger partial charge in [0.15, 0.2) is 5.65 Å². The highest BCUT2D eigenvalue weighted by molar-refractivity contribution is 5.93. The minimum absolute atomic E-state index is 0.0996. The summed E-state index contributed by atoms with van der Waals surface area (Å²) in [5.74, 6) is -0.0996. The van der Waals surface area contributed by atoms with Gasteiger partial charge in [0.05, 0.1) is 23.9 Å². The van der Waals surface area contributed by atoms with Gasteiger partial charge in [0, 0.05) is 6.42 Å². The lowest BCUT2D eigenvalue weighted by molar-refractivity contribution is -0.116. The van der Waals surface area contributed by atoms with E-state index < -0.39 is 0 Å². The smallest absolute Gasteiger partial charge is 0.261 e. The van der Waals surface area contributed by atoms with Crippen molar-refractivity contribution in [3.63, 3.8) is 0 Å². The molecule has 0 atom stereocenters. The summed E-state index contributed by atoms with van der Waals surface area (Å²) in [5, 5.41) is 7.59. The number of H-pyrrole nitrogens is 1. The molecular formula is C22H19N5O2. The van der Waals surface area contributed by atoms with Crippen molar-refractivity contribution >= 4 is 28.7 Å². The van der Waals surface area contributed by atoms with Crippen molar-refractivity contribution in [2.24, 2.45) is 0 Å². The first-order chi connectivity index (χ1) is 14.2. The topological polar surface area (TPSA) is 92.7 Å². The fourth-order valence-electron chi connectivity index (χ4n) is 3.01. The van der Waals surface area contributed by atoms with E-state index in [-0.39, 0.29) is 11.5 Å². The molecular weight excluding hydrogens is 366 g/mol. The Hall–Kier alpha value is -4.00. The zero-order valence-electron chi connectivity index (χ0n) is 15.6. The second kappa shape index (κ2) is 8.35. The lowest BCUT2D eigenvalue weighted by Crippen LogP contribution is -2.13. The monoisotopic (exact) mass is 385 g/mol. The Balaban J connectivity index is 1.48. The van der Waals surface area contributed by atoms with Crippen LogP contribution in [-0.4, -0.2) is 25.7 Å². The Bertz CT molecular complexity index is 1220. The summed E-state index contributed by atoms with van der Waals surface area (Å²) >= 11 is 0. The van der Waals surface area contributed by atoms with Crippen LogP contribution in [0.4, 0.5) is 5.69 Å². The third-order valence-electron chi connectivity index (χ3n) is 4.43. The first-order valence-corrected chi connectivity index (χ1v) is 9.24. The van der Waals surface area contributed by atoms with Crippen LogP contribution in [0, 0.1) is 0 Å². The molecule has 7 nitrogen and oxygen atoms in total. The normalized spacial score (nSPS) is 11.2. The summed E-state index contributed by atoms with van der Waals surface area (Å²) in [7, 11) is 0. The molecule has 4 aromatic rings. The number of fused-ring (bicyclic) bond motifs is 1. The van der Waals surface area contributed by atoms with Crippen molar-refractivity contribution in [3.05, 3.63) is 89.1 Å². The molecule has 0 aliphatic heterocycles. The van der Waals surface area contributed by atoms with Gasteiger partial charge >= 0.3 is 0 Å². The van der Waals surface area contributed by atoms with E-state index in [0.29, 0.717) is 35.2 Å². The number of carbonyl (C=O) groups is 1. The van der Waals surface area contributed by atoms with Gasteiger partial charge in [0.1, 0.15) is 5.39 Å². The van der Waals surface area contributed by atoms with E-state index >= 15 is 0 Å². The molecule has 0 aliphatic rings.